The van der Waals surface area contributed by atoms with Crippen molar-refractivity contribution in [2.75, 3.05) is 0 Å². The van der Waals surface area contributed by atoms with E-state index in [9.17, 15) is 9.59 Å². The van der Waals surface area contributed by atoms with Gasteiger partial charge in [-0.3, -0.25) is 9.59 Å². The second-order valence-electron chi connectivity index (χ2n) is 5.59. The number of amides is 1. The molecule has 1 fully saturated rings. The Kier molecular flexibility index (Phi) is 3.06. The monoisotopic (exact) mass is 264 g/mol. The van der Waals surface area contributed by atoms with Crippen LogP contribution >= 0.6 is 0 Å². The molecule has 0 radical (unpaired) electrons. The Bertz CT molecular complexity index is 563. The summed E-state index contributed by atoms with van der Waals surface area (Å²) in [7, 11) is -0.783. The molecule has 102 valence electrons. The van der Waals surface area contributed by atoms with Crippen LogP contribution in [0.15, 0.2) is 17.1 Å². The van der Waals surface area contributed by atoms with Gasteiger partial charge in [0, 0.05) is 11.7 Å². The highest BCUT2D eigenvalue weighted by Crippen LogP contribution is 2.36. The number of hydrogen-bond acceptors (Lipinski definition) is 4. The minimum atomic E-state index is -0.799. The van der Waals surface area contributed by atoms with Gasteiger partial charge >= 0.3 is 7.12 Å². The van der Waals surface area contributed by atoms with Crippen molar-refractivity contribution in [3.05, 3.63) is 28.2 Å². The lowest BCUT2D eigenvalue weighted by Gasteiger charge is -2.32. The summed E-state index contributed by atoms with van der Waals surface area (Å²) in [6.45, 7) is 7.57. The summed E-state index contributed by atoms with van der Waals surface area (Å²) < 4.78 is 11.6. The van der Waals surface area contributed by atoms with Crippen molar-refractivity contribution in [3.8, 4) is 0 Å². The van der Waals surface area contributed by atoms with Gasteiger partial charge in [0.05, 0.1) is 11.2 Å². The Morgan fingerprint density at radius 2 is 1.79 bits per heavy atom. The third kappa shape index (κ3) is 2.19. The molecule has 3 N–H and O–H groups in total. The molecule has 1 aromatic rings. The summed E-state index contributed by atoms with van der Waals surface area (Å²) >= 11 is 0. The number of pyridine rings is 1. The fourth-order valence-electron chi connectivity index (χ4n) is 1.91. The second-order valence-corrected chi connectivity index (χ2v) is 5.59. The number of carbonyl (C=O) groups excluding carboxylic acids is 1. The molecule has 0 bridgehead atoms. The maximum absolute atomic E-state index is 11.7. The van der Waals surface area contributed by atoms with Gasteiger partial charge < -0.3 is 20.0 Å². The molecule has 1 aliphatic rings. The molecule has 0 saturated carbocycles. The lowest BCUT2D eigenvalue weighted by Crippen LogP contribution is -2.43. The van der Waals surface area contributed by atoms with E-state index in [1.54, 1.807) is 6.07 Å². The zero-order chi connectivity index (χ0) is 14.4. The van der Waals surface area contributed by atoms with Gasteiger partial charge in [0.25, 0.3) is 11.5 Å². The zero-order valence-electron chi connectivity index (χ0n) is 11.4. The maximum atomic E-state index is 11.7. The smallest absolute Gasteiger partial charge is 0.399 e. The van der Waals surface area contributed by atoms with Gasteiger partial charge in [-0.2, -0.15) is 0 Å². The highest BCUT2D eigenvalue weighted by Gasteiger charge is 2.52. The first-order valence-corrected chi connectivity index (χ1v) is 6.03. The first kappa shape index (κ1) is 13.8. The number of aromatic nitrogens is 1. The third-order valence-corrected chi connectivity index (χ3v) is 3.75. The number of primary amides is 1. The van der Waals surface area contributed by atoms with Gasteiger partial charge in [-0.05, 0) is 33.8 Å². The van der Waals surface area contributed by atoms with E-state index in [1.165, 1.54) is 6.20 Å². The van der Waals surface area contributed by atoms with Crippen molar-refractivity contribution < 1.29 is 14.1 Å². The minimum Gasteiger partial charge on any atom is -0.399 e. The van der Waals surface area contributed by atoms with Crippen molar-refractivity contribution in [1.29, 1.82) is 0 Å². The molecule has 1 amide bonds. The summed E-state index contributed by atoms with van der Waals surface area (Å²) in [5.74, 6) is -0.799. The van der Waals surface area contributed by atoms with Crippen LogP contribution in [0.1, 0.15) is 38.1 Å². The Hall–Kier alpha value is -1.60. The predicted molar refractivity (Wildman–Crippen MR) is 71.3 cm³/mol. The van der Waals surface area contributed by atoms with Crippen molar-refractivity contribution in [1.82, 2.24) is 4.98 Å². The molecule has 2 rings (SSSR count). The third-order valence-electron chi connectivity index (χ3n) is 3.75. The fourth-order valence-corrected chi connectivity index (χ4v) is 1.91. The standard InChI is InChI=1S/C12H17BN2O4/c1-11(2)12(3,4)19-13(18-11)7-5-6-15-10(17)8(7)9(14)16/h5-6H,1-4H3,(H2,14,16)(H,15,17). The fraction of sp³-hybridized carbons (Fsp3) is 0.500. The first-order valence-electron chi connectivity index (χ1n) is 6.03. The molecule has 0 atom stereocenters. The lowest BCUT2D eigenvalue weighted by molar-refractivity contribution is 0.00578. The molecule has 1 saturated heterocycles. The van der Waals surface area contributed by atoms with Crippen LogP contribution in [-0.2, 0) is 9.31 Å². The van der Waals surface area contributed by atoms with Crippen LogP contribution in [0.4, 0.5) is 0 Å². The van der Waals surface area contributed by atoms with Crippen LogP contribution in [0, 0.1) is 0 Å². The van der Waals surface area contributed by atoms with Gasteiger partial charge in [0.15, 0.2) is 0 Å². The second kappa shape index (κ2) is 4.21. The van der Waals surface area contributed by atoms with Crippen LogP contribution in [0.2, 0.25) is 0 Å². The summed E-state index contributed by atoms with van der Waals surface area (Å²) in [4.78, 5) is 25.5. The molecule has 0 spiro atoms. The van der Waals surface area contributed by atoms with Gasteiger partial charge in [-0.15, -0.1) is 0 Å². The molecule has 0 unspecified atom stereocenters. The molecule has 2 heterocycles. The highest BCUT2D eigenvalue weighted by molar-refractivity contribution is 6.63. The van der Waals surface area contributed by atoms with E-state index in [2.05, 4.69) is 4.98 Å². The number of aromatic amines is 1. The molecule has 0 aromatic carbocycles. The molecule has 7 heteroatoms. The maximum Gasteiger partial charge on any atom is 0.495 e. The largest absolute Gasteiger partial charge is 0.495 e. The van der Waals surface area contributed by atoms with Crippen LogP contribution in [0.5, 0.6) is 0 Å². The molecule has 6 nitrogen and oxygen atoms in total. The van der Waals surface area contributed by atoms with Crippen molar-refractivity contribution in [3.63, 3.8) is 0 Å². The molecular formula is C12H17BN2O4. The Morgan fingerprint density at radius 3 is 2.26 bits per heavy atom. The van der Waals surface area contributed by atoms with Crippen LogP contribution < -0.4 is 16.8 Å². The van der Waals surface area contributed by atoms with Crippen LogP contribution in [0.25, 0.3) is 0 Å². The van der Waals surface area contributed by atoms with E-state index in [4.69, 9.17) is 15.0 Å². The van der Waals surface area contributed by atoms with E-state index in [0.717, 1.165) is 0 Å². The Morgan fingerprint density at radius 1 is 1.26 bits per heavy atom. The number of nitrogens with two attached hydrogens (primary N) is 1. The van der Waals surface area contributed by atoms with Crippen molar-refractivity contribution >= 4 is 18.5 Å². The van der Waals surface area contributed by atoms with E-state index in [-0.39, 0.29) is 5.56 Å². The van der Waals surface area contributed by atoms with Crippen molar-refractivity contribution in [2.45, 2.75) is 38.9 Å². The van der Waals surface area contributed by atoms with Crippen LogP contribution in [-0.4, -0.2) is 29.2 Å². The lowest BCUT2D eigenvalue weighted by atomic mass is 9.76. The average molecular weight is 264 g/mol. The molecule has 1 aliphatic heterocycles. The molecular weight excluding hydrogens is 247 g/mol. The van der Waals surface area contributed by atoms with Gasteiger partial charge in [0.1, 0.15) is 5.56 Å². The van der Waals surface area contributed by atoms with E-state index < -0.39 is 29.8 Å². The van der Waals surface area contributed by atoms with E-state index in [0.29, 0.717) is 5.46 Å². The van der Waals surface area contributed by atoms with Gasteiger partial charge in [-0.1, -0.05) is 0 Å². The normalized spacial score (nSPS) is 20.5. The molecule has 1 aromatic heterocycles. The minimum absolute atomic E-state index is 0.124. The summed E-state index contributed by atoms with van der Waals surface area (Å²) in [5, 5.41) is 0. The molecule has 0 aliphatic carbocycles. The molecule has 19 heavy (non-hydrogen) atoms. The Balaban J connectivity index is 2.49. The van der Waals surface area contributed by atoms with Gasteiger partial charge in [-0.25, -0.2) is 0 Å². The number of rotatable bonds is 2. The SMILES string of the molecule is CC1(C)OB(c2cc[nH]c(=O)c2C(N)=O)OC1(C)C. The number of nitrogens with one attached hydrogen (secondary N) is 1. The van der Waals surface area contributed by atoms with E-state index in [1.807, 2.05) is 27.7 Å². The number of carbonyl (C=O) groups is 1. The Labute approximate surface area is 111 Å². The first-order chi connectivity index (χ1) is 8.66. The summed E-state index contributed by atoms with van der Waals surface area (Å²) in [5.41, 5.74) is 3.85. The van der Waals surface area contributed by atoms with E-state index >= 15 is 0 Å². The summed E-state index contributed by atoms with van der Waals surface area (Å²) in [6, 6.07) is 1.57. The van der Waals surface area contributed by atoms with Gasteiger partial charge in [0.2, 0.25) is 0 Å². The quantitative estimate of drug-likeness (QED) is 0.721. The zero-order valence-corrected chi connectivity index (χ0v) is 11.4. The average Bonchev–Trinajstić information content (AvgIpc) is 2.47. The predicted octanol–water partition coefficient (Wildman–Crippen LogP) is -0.227. The summed E-state index contributed by atoms with van der Waals surface area (Å²) in [6.07, 6.45) is 1.44. The van der Waals surface area contributed by atoms with Crippen LogP contribution in [0.3, 0.4) is 0 Å². The van der Waals surface area contributed by atoms with Crippen molar-refractivity contribution in [2.24, 2.45) is 5.73 Å². The number of hydrogen-bond donors (Lipinski definition) is 2. The topological polar surface area (TPSA) is 94.4 Å². The highest BCUT2D eigenvalue weighted by atomic mass is 16.7. The number of H-pyrrole nitrogens is 1.